The fourth-order valence-electron chi connectivity index (χ4n) is 2.08. The van der Waals surface area contributed by atoms with E-state index in [9.17, 15) is 9.18 Å². The Balaban J connectivity index is 2.33. The van der Waals surface area contributed by atoms with Crippen LogP contribution in [0.3, 0.4) is 0 Å². The molecule has 1 aromatic heterocycles. The van der Waals surface area contributed by atoms with Crippen LogP contribution >= 0.6 is 0 Å². The molecule has 0 saturated heterocycles. The highest BCUT2D eigenvalue weighted by Crippen LogP contribution is 2.21. The molecule has 2 aromatic rings. The topological polar surface area (TPSA) is 46.9 Å². The average molecular weight is 289 g/mol. The van der Waals surface area contributed by atoms with Crippen molar-refractivity contribution >= 4 is 5.91 Å². The molecule has 2 unspecified atom stereocenters. The zero-order valence-electron chi connectivity index (χ0n) is 12.5. The summed E-state index contributed by atoms with van der Waals surface area (Å²) in [5.41, 5.74) is 0.808. The highest BCUT2D eigenvalue weighted by Gasteiger charge is 2.22. The standard InChI is InChI=1S/C16H20FN3O/c1-4-11(2)16(21)19-14(15-18-9-10-20(15)3)12-5-7-13(17)8-6-12/h5-11,14H,4H2,1-3H3,(H,19,21). The Morgan fingerprint density at radius 3 is 2.57 bits per heavy atom. The van der Waals surface area contributed by atoms with Crippen LogP contribution in [0.5, 0.6) is 0 Å². The number of carbonyl (C=O) groups is 1. The zero-order chi connectivity index (χ0) is 15.4. The number of hydrogen-bond acceptors (Lipinski definition) is 2. The van der Waals surface area contributed by atoms with E-state index in [1.165, 1.54) is 12.1 Å². The molecule has 21 heavy (non-hydrogen) atoms. The van der Waals surface area contributed by atoms with Gasteiger partial charge in [0.2, 0.25) is 5.91 Å². The van der Waals surface area contributed by atoms with E-state index < -0.39 is 0 Å². The van der Waals surface area contributed by atoms with Crippen LogP contribution in [-0.4, -0.2) is 15.5 Å². The van der Waals surface area contributed by atoms with E-state index in [1.807, 2.05) is 31.7 Å². The number of nitrogens with one attached hydrogen (secondary N) is 1. The van der Waals surface area contributed by atoms with Crippen molar-refractivity contribution in [2.45, 2.75) is 26.3 Å². The summed E-state index contributed by atoms with van der Waals surface area (Å²) in [6.07, 6.45) is 4.27. The molecular formula is C16H20FN3O. The van der Waals surface area contributed by atoms with Gasteiger partial charge in [0.15, 0.2) is 0 Å². The van der Waals surface area contributed by atoms with E-state index >= 15 is 0 Å². The van der Waals surface area contributed by atoms with Crippen molar-refractivity contribution in [2.24, 2.45) is 13.0 Å². The Kier molecular flexibility index (Phi) is 4.73. The Morgan fingerprint density at radius 1 is 1.38 bits per heavy atom. The highest BCUT2D eigenvalue weighted by atomic mass is 19.1. The average Bonchev–Trinajstić information content (AvgIpc) is 2.90. The van der Waals surface area contributed by atoms with Crippen LogP contribution in [0.15, 0.2) is 36.7 Å². The van der Waals surface area contributed by atoms with Crippen LogP contribution in [0.2, 0.25) is 0 Å². The second-order valence-corrected chi connectivity index (χ2v) is 5.20. The molecule has 0 saturated carbocycles. The van der Waals surface area contributed by atoms with E-state index in [1.54, 1.807) is 18.3 Å². The van der Waals surface area contributed by atoms with Crippen molar-refractivity contribution in [2.75, 3.05) is 0 Å². The number of hydrogen-bond donors (Lipinski definition) is 1. The van der Waals surface area contributed by atoms with Crippen LogP contribution < -0.4 is 5.32 Å². The number of amides is 1. The van der Waals surface area contributed by atoms with Crippen molar-refractivity contribution < 1.29 is 9.18 Å². The molecule has 4 nitrogen and oxygen atoms in total. The molecule has 1 aromatic carbocycles. The molecule has 0 aliphatic heterocycles. The fourth-order valence-corrected chi connectivity index (χ4v) is 2.08. The summed E-state index contributed by atoms with van der Waals surface area (Å²) < 4.78 is 15.0. The number of benzene rings is 1. The summed E-state index contributed by atoms with van der Waals surface area (Å²) in [6.45, 7) is 3.85. The van der Waals surface area contributed by atoms with Crippen LogP contribution in [0.25, 0.3) is 0 Å². The third-order valence-electron chi connectivity index (χ3n) is 3.67. The van der Waals surface area contributed by atoms with Crippen molar-refractivity contribution in [1.29, 1.82) is 0 Å². The summed E-state index contributed by atoms with van der Waals surface area (Å²) in [6, 6.07) is 5.74. The van der Waals surface area contributed by atoms with Crippen LogP contribution in [0, 0.1) is 11.7 Å². The molecule has 0 aliphatic rings. The molecule has 1 heterocycles. The predicted molar refractivity (Wildman–Crippen MR) is 79.0 cm³/mol. The van der Waals surface area contributed by atoms with Gasteiger partial charge < -0.3 is 9.88 Å². The third-order valence-corrected chi connectivity index (χ3v) is 3.67. The Bertz CT molecular complexity index is 606. The summed E-state index contributed by atoms with van der Waals surface area (Å²) in [5, 5.41) is 3.00. The molecule has 112 valence electrons. The molecule has 0 bridgehead atoms. The molecule has 5 heteroatoms. The van der Waals surface area contributed by atoms with Crippen LogP contribution in [0.4, 0.5) is 4.39 Å². The van der Waals surface area contributed by atoms with Gasteiger partial charge in [-0.05, 0) is 24.1 Å². The molecule has 2 atom stereocenters. The van der Waals surface area contributed by atoms with Gasteiger partial charge in [-0.3, -0.25) is 4.79 Å². The van der Waals surface area contributed by atoms with Gasteiger partial charge in [-0.2, -0.15) is 0 Å². The van der Waals surface area contributed by atoms with Gasteiger partial charge in [0, 0.05) is 25.4 Å². The van der Waals surface area contributed by atoms with Gasteiger partial charge >= 0.3 is 0 Å². The lowest BCUT2D eigenvalue weighted by Crippen LogP contribution is -2.34. The quantitative estimate of drug-likeness (QED) is 0.920. The lowest BCUT2D eigenvalue weighted by Gasteiger charge is -2.21. The molecular weight excluding hydrogens is 269 g/mol. The summed E-state index contributed by atoms with van der Waals surface area (Å²) in [5.74, 6) is 0.312. The number of halogens is 1. The number of aromatic nitrogens is 2. The Hall–Kier alpha value is -2.17. The molecule has 2 rings (SSSR count). The number of imidazole rings is 1. The first-order chi connectivity index (χ1) is 10.0. The second kappa shape index (κ2) is 6.52. The molecule has 1 N–H and O–H groups in total. The van der Waals surface area contributed by atoms with E-state index in [0.717, 1.165) is 17.8 Å². The minimum atomic E-state index is -0.382. The Labute approximate surface area is 124 Å². The molecule has 0 aliphatic carbocycles. The smallest absolute Gasteiger partial charge is 0.223 e. The van der Waals surface area contributed by atoms with Crippen LogP contribution in [0.1, 0.15) is 37.7 Å². The highest BCUT2D eigenvalue weighted by molar-refractivity contribution is 5.79. The molecule has 0 fully saturated rings. The number of aryl methyl sites for hydroxylation is 1. The monoisotopic (exact) mass is 289 g/mol. The van der Waals surface area contributed by atoms with Crippen molar-refractivity contribution in [3.8, 4) is 0 Å². The van der Waals surface area contributed by atoms with Gasteiger partial charge in [-0.25, -0.2) is 9.37 Å². The van der Waals surface area contributed by atoms with Crippen molar-refractivity contribution in [3.05, 3.63) is 53.9 Å². The zero-order valence-corrected chi connectivity index (χ0v) is 12.5. The normalized spacial score (nSPS) is 13.7. The van der Waals surface area contributed by atoms with Gasteiger partial charge in [-0.15, -0.1) is 0 Å². The summed E-state index contributed by atoms with van der Waals surface area (Å²) >= 11 is 0. The first kappa shape index (κ1) is 15.2. The largest absolute Gasteiger partial charge is 0.342 e. The minimum absolute atomic E-state index is 0.0326. The first-order valence-electron chi connectivity index (χ1n) is 7.06. The van der Waals surface area contributed by atoms with Gasteiger partial charge in [0.25, 0.3) is 0 Å². The van der Waals surface area contributed by atoms with E-state index in [4.69, 9.17) is 0 Å². The minimum Gasteiger partial charge on any atom is -0.342 e. The maximum absolute atomic E-state index is 13.1. The number of nitrogens with zero attached hydrogens (tertiary/aromatic N) is 2. The van der Waals surface area contributed by atoms with Gasteiger partial charge in [0.1, 0.15) is 17.7 Å². The van der Waals surface area contributed by atoms with E-state index in [2.05, 4.69) is 10.3 Å². The maximum atomic E-state index is 13.1. The second-order valence-electron chi connectivity index (χ2n) is 5.20. The lowest BCUT2D eigenvalue weighted by molar-refractivity contribution is -0.125. The summed E-state index contributed by atoms with van der Waals surface area (Å²) in [7, 11) is 1.87. The fraction of sp³-hybridized carbons (Fsp3) is 0.375. The number of carbonyl (C=O) groups excluding carboxylic acids is 1. The van der Waals surface area contributed by atoms with E-state index in [-0.39, 0.29) is 23.7 Å². The Morgan fingerprint density at radius 2 is 2.05 bits per heavy atom. The first-order valence-corrected chi connectivity index (χ1v) is 7.06. The predicted octanol–water partition coefficient (Wildman–Crippen LogP) is 2.81. The SMILES string of the molecule is CCC(C)C(=O)NC(c1ccc(F)cc1)c1nccn1C. The number of rotatable bonds is 5. The summed E-state index contributed by atoms with van der Waals surface area (Å²) in [4.78, 5) is 16.5. The molecule has 0 spiro atoms. The van der Waals surface area contributed by atoms with Gasteiger partial charge in [0.05, 0.1) is 0 Å². The van der Waals surface area contributed by atoms with Crippen LogP contribution in [-0.2, 0) is 11.8 Å². The van der Waals surface area contributed by atoms with Gasteiger partial charge in [-0.1, -0.05) is 26.0 Å². The lowest BCUT2D eigenvalue weighted by atomic mass is 10.0. The van der Waals surface area contributed by atoms with Crippen molar-refractivity contribution in [1.82, 2.24) is 14.9 Å². The van der Waals surface area contributed by atoms with E-state index in [0.29, 0.717) is 0 Å². The third kappa shape index (κ3) is 3.48. The molecule has 1 amide bonds. The van der Waals surface area contributed by atoms with Crippen molar-refractivity contribution in [3.63, 3.8) is 0 Å². The maximum Gasteiger partial charge on any atom is 0.223 e. The molecule has 0 radical (unpaired) electrons.